The van der Waals surface area contributed by atoms with Crippen LogP contribution in [0.4, 0.5) is 0 Å². The fourth-order valence-corrected chi connectivity index (χ4v) is 0.642. The van der Waals surface area contributed by atoms with Crippen LogP contribution in [0.3, 0.4) is 0 Å². The van der Waals surface area contributed by atoms with Crippen molar-refractivity contribution in [2.24, 2.45) is 5.90 Å². The van der Waals surface area contributed by atoms with Gasteiger partial charge in [0.1, 0.15) is 0 Å². The van der Waals surface area contributed by atoms with E-state index < -0.39 is 5.97 Å². The smallest absolute Gasteiger partial charge is 0.356 e. The van der Waals surface area contributed by atoms with E-state index in [2.05, 4.69) is 10.7 Å². The van der Waals surface area contributed by atoms with E-state index in [1.165, 1.54) is 0 Å². The Bertz CT molecular complexity index is 225. The number of carbonyl (C=O) groups is 1. The van der Waals surface area contributed by atoms with E-state index in [0.717, 1.165) is 0 Å². The standard InChI is InChI=1S/C7H7NO2.Cu/c8-10-7(9)6-4-2-1-3-5-6;/h1-5H,8H2;. The van der Waals surface area contributed by atoms with Crippen molar-refractivity contribution < 1.29 is 26.7 Å². The Kier molecular flexibility index (Phi) is 4.53. The fraction of sp³-hybridized carbons (Fsp3) is 0. The molecular formula is C7H7CuNO2. The minimum Gasteiger partial charge on any atom is -0.370 e. The van der Waals surface area contributed by atoms with Gasteiger partial charge in [-0.15, -0.1) is 0 Å². The fourth-order valence-electron chi connectivity index (χ4n) is 0.642. The van der Waals surface area contributed by atoms with Crippen molar-refractivity contribution in [1.82, 2.24) is 0 Å². The zero-order valence-electron chi connectivity index (χ0n) is 5.58. The molecule has 0 fully saturated rings. The molecule has 0 heterocycles. The molecule has 0 atom stereocenters. The van der Waals surface area contributed by atoms with Crippen molar-refractivity contribution in [3.05, 3.63) is 35.9 Å². The van der Waals surface area contributed by atoms with Gasteiger partial charge in [-0.05, 0) is 12.1 Å². The summed E-state index contributed by atoms with van der Waals surface area (Å²) < 4.78 is 0. The zero-order valence-corrected chi connectivity index (χ0v) is 6.52. The Balaban J connectivity index is 0.000001000. The van der Waals surface area contributed by atoms with Crippen LogP contribution < -0.4 is 5.90 Å². The van der Waals surface area contributed by atoms with Crippen LogP contribution >= 0.6 is 0 Å². The number of carbonyl (C=O) groups excluding carboxylic acids is 1. The van der Waals surface area contributed by atoms with Gasteiger partial charge in [0.05, 0.1) is 5.56 Å². The minimum absolute atomic E-state index is 0. The molecule has 0 unspecified atom stereocenters. The first-order valence-electron chi connectivity index (χ1n) is 2.80. The van der Waals surface area contributed by atoms with Crippen molar-refractivity contribution >= 4 is 5.97 Å². The largest absolute Gasteiger partial charge is 0.370 e. The van der Waals surface area contributed by atoms with E-state index in [0.29, 0.717) is 5.56 Å². The topological polar surface area (TPSA) is 52.3 Å². The summed E-state index contributed by atoms with van der Waals surface area (Å²) in [7, 11) is 0. The first-order chi connectivity index (χ1) is 4.84. The maximum Gasteiger partial charge on any atom is 0.356 e. The average Bonchev–Trinajstić information content (AvgIpc) is 2.05. The van der Waals surface area contributed by atoms with Gasteiger partial charge in [0.2, 0.25) is 0 Å². The maximum atomic E-state index is 10.7. The molecular weight excluding hydrogens is 194 g/mol. The Morgan fingerprint density at radius 2 is 1.82 bits per heavy atom. The van der Waals surface area contributed by atoms with Crippen LogP contribution in [-0.2, 0) is 21.9 Å². The minimum atomic E-state index is -0.513. The molecule has 63 valence electrons. The van der Waals surface area contributed by atoms with Crippen molar-refractivity contribution in [3.8, 4) is 0 Å². The van der Waals surface area contributed by atoms with Crippen molar-refractivity contribution in [3.63, 3.8) is 0 Å². The van der Waals surface area contributed by atoms with Crippen LogP contribution in [0.1, 0.15) is 10.4 Å². The molecule has 3 nitrogen and oxygen atoms in total. The van der Waals surface area contributed by atoms with Crippen LogP contribution in [-0.4, -0.2) is 5.97 Å². The first kappa shape index (κ1) is 10.2. The van der Waals surface area contributed by atoms with E-state index in [1.807, 2.05) is 6.07 Å². The van der Waals surface area contributed by atoms with Gasteiger partial charge in [-0.1, -0.05) is 18.2 Å². The predicted molar refractivity (Wildman–Crippen MR) is 36.0 cm³/mol. The van der Waals surface area contributed by atoms with Gasteiger partial charge in [-0.3, -0.25) is 0 Å². The van der Waals surface area contributed by atoms with Gasteiger partial charge in [-0.2, -0.15) is 5.90 Å². The van der Waals surface area contributed by atoms with E-state index in [-0.39, 0.29) is 17.1 Å². The van der Waals surface area contributed by atoms with Crippen molar-refractivity contribution in [1.29, 1.82) is 0 Å². The van der Waals surface area contributed by atoms with Gasteiger partial charge in [0.25, 0.3) is 0 Å². The monoisotopic (exact) mass is 200 g/mol. The molecule has 0 aliphatic heterocycles. The summed E-state index contributed by atoms with van der Waals surface area (Å²) in [6, 6.07) is 8.57. The van der Waals surface area contributed by atoms with Crippen LogP contribution in [0.5, 0.6) is 0 Å². The van der Waals surface area contributed by atoms with Crippen molar-refractivity contribution in [2.75, 3.05) is 0 Å². The molecule has 0 saturated heterocycles. The molecule has 0 saturated carbocycles. The first-order valence-corrected chi connectivity index (χ1v) is 2.80. The summed E-state index contributed by atoms with van der Waals surface area (Å²) in [6.45, 7) is 0. The summed E-state index contributed by atoms with van der Waals surface area (Å²) in [5, 5.41) is 0. The molecule has 0 spiro atoms. The Morgan fingerprint density at radius 1 is 1.27 bits per heavy atom. The van der Waals surface area contributed by atoms with Crippen molar-refractivity contribution in [2.45, 2.75) is 0 Å². The van der Waals surface area contributed by atoms with Gasteiger partial charge >= 0.3 is 5.97 Å². The van der Waals surface area contributed by atoms with Gasteiger partial charge in [0.15, 0.2) is 0 Å². The van der Waals surface area contributed by atoms with Gasteiger partial charge < -0.3 is 4.84 Å². The normalized spacial score (nSPS) is 8.09. The van der Waals surface area contributed by atoms with E-state index >= 15 is 0 Å². The third-order valence-electron chi connectivity index (χ3n) is 1.12. The molecule has 11 heavy (non-hydrogen) atoms. The number of hydrogen-bond donors (Lipinski definition) is 1. The maximum absolute atomic E-state index is 10.7. The summed E-state index contributed by atoms with van der Waals surface area (Å²) in [6.07, 6.45) is 0. The second-order valence-corrected chi connectivity index (χ2v) is 1.77. The summed E-state index contributed by atoms with van der Waals surface area (Å²) in [5.41, 5.74) is 0.463. The molecule has 1 aromatic rings. The van der Waals surface area contributed by atoms with Gasteiger partial charge in [0, 0.05) is 17.1 Å². The molecule has 0 aliphatic carbocycles. The average molecular weight is 201 g/mol. The van der Waals surface area contributed by atoms with Gasteiger partial charge in [-0.25, -0.2) is 4.79 Å². The molecule has 0 aromatic heterocycles. The van der Waals surface area contributed by atoms with E-state index in [4.69, 9.17) is 0 Å². The Labute approximate surface area is 75.0 Å². The number of hydrogen-bond acceptors (Lipinski definition) is 3. The number of benzene rings is 1. The molecule has 2 N–H and O–H groups in total. The predicted octanol–water partition coefficient (Wildman–Crippen LogP) is 0.715. The van der Waals surface area contributed by atoms with Crippen LogP contribution in [0.25, 0.3) is 0 Å². The van der Waals surface area contributed by atoms with E-state index in [1.54, 1.807) is 24.3 Å². The molecule has 1 rings (SSSR count). The number of rotatable bonds is 1. The summed E-state index contributed by atoms with van der Waals surface area (Å²) in [4.78, 5) is 14.7. The molecule has 0 bridgehead atoms. The third kappa shape index (κ3) is 2.72. The SMILES string of the molecule is NOC(=O)c1ccccc1.[Cu]. The second kappa shape index (κ2) is 4.91. The zero-order chi connectivity index (χ0) is 7.40. The van der Waals surface area contributed by atoms with E-state index in [9.17, 15) is 4.79 Å². The second-order valence-electron chi connectivity index (χ2n) is 1.77. The summed E-state index contributed by atoms with van der Waals surface area (Å²) >= 11 is 0. The molecule has 4 heteroatoms. The van der Waals surface area contributed by atoms with Crippen LogP contribution in [0, 0.1) is 0 Å². The third-order valence-corrected chi connectivity index (χ3v) is 1.12. The van der Waals surface area contributed by atoms with Crippen LogP contribution in [0.2, 0.25) is 0 Å². The quantitative estimate of drug-likeness (QED) is 0.537. The molecule has 1 aromatic carbocycles. The molecule has 1 radical (unpaired) electrons. The number of nitrogens with two attached hydrogens (primary N) is 1. The van der Waals surface area contributed by atoms with Crippen LogP contribution in [0.15, 0.2) is 30.3 Å². The Morgan fingerprint density at radius 3 is 2.27 bits per heavy atom. The molecule has 0 aliphatic rings. The summed E-state index contributed by atoms with van der Waals surface area (Å²) in [5.74, 6) is 4.14. The molecule has 0 amide bonds. The Hall–Kier alpha value is -0.831.